The summed E-state index contributed by atoms with van der Waals surface area (Å²) >= 11 is 0. The van der Waals surface area contributed by atoms with E-state index in [1.54, 1.807) is 0 Å². The Kier molecular flexibility index (Phi) is 37.0. The average Bonchev–Trinajstić information content (AvgIpc) is 2.97. The van der Waals surface area contributed by atoms with Crippen molar-refractivity contribution >= 4 is 0 Å². The van der Waals surface area contributed by atoms with Crippen LogP contribution in [0, 0.1) is 5.92 Å². The van der Waals surface area contributed by atoms with Crippen molar-refractivity contribution in [3.8, 4) is 0 Å². The highest BCUT2D eigenvalue weighted by Gasteiger charge is 2.09. The van der Waals surface area contributed by atoms with Crippen LogP contribution in [0.15, 0.2) is 0 Å². The van der Waals surface area contributed by atoms with Crippen LogP contribution in [0.5, 0.6) is 0 Å². The molecule has 0 heteroatoms. The van der Waals surface area contributed by atoms with E-state index in [9.17, 15) is 0 Å². The highest BCUT2D eigenvalue weighted by atomic mass is 14.1. The Balaban J connectivity index is 3.73. The highest BCUT2D eigenvalue weighted by molar-refractivity contribution is 4.62. The van der Waals surface area contributed by atoms with Crippen LogP contribution in [0.25, 0.3) is 0 Å². The van der Waals surface area contributed by atoms with Gasteiger partial charge < -0.3 is 0 Å². The third kappa shape index (κ3) is 34.2. The van der Waals surface area contributed by atoms with Crippen molar-refractivity contribution in [1.29, 1.82) is 0 Å². The summed E-state index contributed by atoms with van der Waals surface area (Å²) < 4.78 is 0. The summed E-state index contributed by atoms with van der Waals surface area (Å²) in [4.78, 5) is 0. The van der Waals surface area contributed by atoms with Gasteiger partial charge in [0.15, 0.2) is 0 Å². The van der Waals surface area contributed by atoms with Gasteiger partial charge in [-0.2, -0.15) is 0 Å². The van der Waals surface area contributed by atoms with E-state index in [-0.39, 0.29) is 0 Å². The first-order chi connectivity index (χ1) is 19.8. The summed E-state index contributed by atoms with van der Waals surface area (Å²) in [5.41, 5.74) is 0. The predicted octanol–water partition coefficient (Wildman–Crippen LogP) is 15.7. The normalized spacial score (nSPS) is 11.7. The smallest absolute Gasteiger partial charge is 0.0414 e. The van der Waals surface area contributed by atoms with Crippen LogP contribution in [0.4, 0.5) is 0 Å². The minimum Gasteiger partial charge on any atom is -0.0654 e. The molecule has 0 aromatic rings. The first-order valence-corrected chi connectivity index (χ1v) is 19.8. The Morgan fingerprint density at radius 2 is 0.350 bits per heavy atom. The van der Waals surface area contributed by atoms with Gasteiger partial charge in [-0.1, -0.05) is 252 Å². The van der Waals surface area contributed by atoms with Gasteiger partial charge >= 0.3 is 0 Å². The van der Waals surface area contributed by atoms with Gasteiger partial charge in [-0.05, 0) is 5.92 Å². The third-order valence-electron chi connectivity index (χ3n) is 9.65. The largest absolute Gasteiger partial charge is 0.0654 e. The predicted molar refractivity (Wildman–Crippen MR) is 187 cm³/mol. The first-order valence-electron chi connectivity index (χ1n) is 19.8. The summed E-state index contributed by atoms with van der Waals surface area (Å²) in [6.45, 7) is 6.97. The van der Waals surface area contributed by atoms with Gasteiger partial charge in [-0.25, -0.2) is 0 Å². The number of rotatable bonds is 36. The summed E-state index contributed by atoms with van der Waals surface area (Å²) in [6.07, 6.45) is 53.3. The van der Waals surface area contributed by atoms with Crippen molar-refractivity contribution in [2.75, 3.05) is 0 Å². The van der Waals surface area contributed by atoms with E-state index in [0.29, 0.717) is 0 Å². The molecule has 0 fully saturated rings. The van der Waals surface area contributed by atoms with Crippen LogP contribution < -0.4 is 0 Å². The maximum Gasteiger partial charge on any atom is -0.0414 e. The van der Waals surface area contributed by atoms with Crippen molar-refractivity contribution in [2.24, 2.45) is 5.92 Å². The van der Waals surface area contributed by atoms with Crippen LogP contribution in [-0.4, -0.2) is 0 Å². The summed E-state index contributed by atoms with van der Waals surface area (Å²) in [5, 5.41) is 0. The summed E-state index contributed by atoms with van der Waals surface area (Å²) in [6, 6.07) is 0. The van der Waals surface area contributed by atoms with E-state index >= 15 is 0 Å². The molecule has 0 aliphatic heterocycles. The van der Waals surface area contributed by atoms with E-state index in [4.69, 9.17) is 0 Å². The molecule has 0 spiro atoms. The third-order valence-corrected chi connectivity index (χ3v) is 9.65. The molecule has 0 bridgehead atoms. The quantitative estimate of drug-likeness (QED) is 0.0666. The van der Waals surface area contributed by atoms with E-state index in [1.807, 2.05) is 0 Å². The molecule has 0 N–H and O–H groups in total. The molecule has 0 aromatic carbocycles. The van der Waals surface area contributed by atoms with Gasteiger partial charge in [0.1, 0.15) is 0 Å². The summed E-state index contributed by atoms with van der Waals surface area (Å²) in [7, 11) is 0. The zero-order valence-electron chi connectivity index (χ0n) is 29.0. The van der Waals surface area contributed by atoms with Gasteiger partial charge in [-0.3, -0.25) is 0 Å². The lowest BCUT2D eigenvalue weighted by atomic mass is 9.89. The SMILES string of the molecule is CCCCCCCCCCCCCCCCCCCC(CCCCCCCCCC)CCCCCCCCCC. The fourth-order valence-electron chi connectivity index (χ4n) is 6.72. The Morgan fingerprint density at radius 3 is 0.525 bits per heavy atom. The molecule has 0 aliphatic carbocycles. The Morgan fingerprint density at radius 1 is 0.200 bits per heavy atom. The number of hydrogen-bond acceptors (Lipinski definition) is 0. The van der Waals surface area contributed by atoms with Gasteiger partial charge in [0.2, 0.25) is 0 Å². The van der Waals surface area contributed by atoms with Crippen LogP contribution in [-0.2, 0) is 0 Å². The molecular formula is C40H82. The maximum atomic E-state index is 2.33. The Labute approximate surface area is 257 Å². The van der Waals surface area contributed by atoms with Crippen LogP contribution in [0.1, 0.15) is 252 Å². The molecular weight excluding hydrogens is 480 g/mol. The minimum atomic E-state index is 1.04. The molecule has 242 valence electrons. The Bertz CT molecular complexity index is 392. The van der Waals surface area contributed by atoms with Crippen LogP contribution >= 0.6 is 0 Å². The van der Waals surface area contributed by atoms with Crippen LogP contribution in [0.3, 0.4) is 0 Å². The second-order valence-electron chi connectivity index (χ2n) is 13.8. The van der Waals surface area contributed by atoms with E-state index in [1.165, 1.54) is 231 Å². The molecule has 0 nitrogen and oxygen atoms in total. The van der Waals surface area contributed by atoms with E-state index in [2.05, 4.69) is 20.8 Å². The molecule has 0 atom stereocenters. The molecule has 0 aromatic heterocycles. The number of hydrogen-bond donors (Lipinski definition) is 0. The average molecular weight is 563 g/mol. The minimum absolute atomic E-state index is 1.04. The van der Waals surface area contributed by atoms with E-state index in [0.717, 1.165) is 5.92 Å². The van der Waals surface area contributed by atoms with Crippen molar-refractivity contribution in [2.45, 2.75) is 252 Å². The zero-order valence-corrected chi connectivity index (χ0v) is 29.0. The second kappa shape index (κ2) is 37.0. The topological polar surface area (TPSA) is 0 Å². The molecule has 0 heterocycles. The molecule has 0 unspecified atom stereocenters. The lowest BCUT2D eigenvalue weighted by Crippen LogP contribution is -2.01. The molecule has 0 rings (SSSR count). The van der Waals surface area contributed by atoms with Crippen molar-refractivity contribution in [1.82, 2.24) is 0 Å². The molecule has 0 aliphatic rings. The van der Waals surface area contributed by atoms with Gasteiger partial charge in [0.05, 0.1) is 0 Å². The van der Waals surface area contributed by atoms with Gasteiger partial charge in [0.25, 0.3) is 0 Å². The standard InChI is InChI=1S/C40H82/c1-4-7-10-13-16-19-20-21-22-23-24-25-26-27-30-33-36-39-40(37-34-31-28-17-14-11-8-5-2)38-35-32-29-18-15-12-9-6-3/h40H,4-39H2,1-3H3. The number of unbranched alkanes of at least 4 members (excludes halogenated alkanes) is 30. The Hall–Kier alpha value is 0. The molecule has 40 heavy (non-hydrogen) atoms. The van der Waals surface area contributed by atoms with E-state index < -0.39 is 0 Å². The van der Waals surface area contributed by atoms with Gasteiger partial charge in [0, 0.05) is 0 Å². The fraction of sp³-hybridized carbons (Fsp3) is 1.00. The molecule has 0 saturated carbocycles. The lowest BCUT2D eigenvalue weighted by Gasteiger charge is -2.17. The lowest BCUT2D eigenvalue weighted by molar-refractivity contribution is 0.365. The summed E-state index contributed by atoms with van der Waals surface area (Å²) in [5.74, 6) is 1.04. The van der Waals surface area contributed by atoms with Crippen molar-refractivity contribution in [3.05, 3.63) is 0 Å². The molecule has 0 radical (unpaired) electrons. The van der Waals surface area contributed by atoms with Crippen molar-refractivity contribution in [3.63, 3.8) is 0 Å². The molecule has 0 saturated heterocycles. The second-order valence-corrected chi connectivity index (χ2v) is 13.8. The maximum absolute atomic E-state index is 2.33. The van der Waals surface area contributed by atoms with Crippen LogP contribution in [0.2, 0.25) is 0 Å². The first kappa shape index (κ1) is 40.0. The van der Waals surface area contributed by atoms with Crippen molar-refractivity contribution < 1.29 is 0 Å². The highest BCUT2D eigenvalue weighted by Crippen LogP contribution is 2.25. The monoisotopic (exact) mass is 563 g/mol. The van der Waals surface area contributed by atoms with Gasteiger partial charge in [-0.15, -0.1) is 0 Å². The zero-order chi connectivity index (χ0) is 29.0. The fourth-order valence-corrected chi connectivity index (χ4v) is 6.72. The molecule has 0 amide bonds.